The van der Waals surface area contributed by atoms with Crippen molar-refractivity contribution in [2.24, 2.45) is 5.92 Å². The molecule has 1 aromatic heterocycles. The first-order valence-corrected chi connectivity index (χ1v) is 15.0. The Kier molecular flexibility index (Phi) is 14.2. The van der Waals surface area contributed by atoms with Crippen LogP contribution in [0.15, 0.2) is 30.3 Å². The maximum atomic E-state index is 12.9. The third kappa shape index (κ3) is 12.6. The summed E-state index contributed by atoms with van der Waals surface area (Å²) < 4.78 is 45.2. The molecule has 224 valence electrons. The molecule has 0 aliphatic heterocycles. The van der Waals surface area contributed by atoms with Crippen LogP contribution in [0.4, 0.5) is 0 Å². The largest absolute Gasteiger partial charge is 0.377 e. The first kappa shape index (κ1) is 33.4. The third-order valence-corrected chi connectivity index (χ3v) is 7.10. The van der Waals surface area contributed by atoms with Crippen LogP contribution >= 0.6 is 0 Å². The molecule has 0 spiro atoms. The normalized spacial score (nSPS) is 12.5. The summed E-state index contributed by atoms with van der Waals surface area (Å²) in [7, 11) is -2.46. The molecule has 0 saturated heterocycles. The van der Waals surface area contributed by atoms with Crippen LogP contribution in [-0.2, 0) is 47.1 Å². The zero-order valence-electron chi connectivity index (χ0n) is 23.6. The molecule has 3 N–H and O–H groups in total. The predicted octanol–water partition coefficient (Wildman–Crippen LogP) is 1.23. The number of carbonyl (C=O) groups excluding carboxylic acids is 3. The molecule has 0 aliphatic rings. The molecule has 0 radical (unpaired) electrons. The first-order chi connectivity index (χ1) is 19.0. The number of hydrogen-bond donors (Lipinski definition) is 3. The Balaban J connectivity index is 1.86. The molecular weight excluding hydrogens is 540 g/mol. The molecule has 0 aliphatic carbocycles. The lowest BCUT2D eigenvalue weighted by atomic mass is 10.0. The Hall–Kier alpha value is -2.84. The Labute approximate surface area is 236 Å². The van der Waals surface area contributed by atoms with E-state index < -0.39 is 27.7 Å². The summed E-state index contributed by atoms with van der Waals surface area (Å²) in [4.78, 5) is 38.5. The summed E-state index contributed by atoms with van der Waals surface area (Å²) >= 11 is 0. The van der Waals surface area contributed by atoms with Gasteiger partial charge in [0.2, 0.25) is 11.8 Å². The van der Waals surface area contributed by atoms with E-state index in [9.17, 15) is 27.4 Å². The van der Waals surface area contributed by atoms with Crippen molar-refractivity contribution in [3.8, 4) is 0 Å². The first-order valence-electron chi connectivity index (χ1n) is 13.4. The number of aromatic nitrogens is 1. The number of nitrogens with zero attached hydrogens (tertiary/aromatic N) is 2. The standard InChI is InChI=1S/C27H42N4O8S/c1-4-30(3)19-24-17-22-7-5-6-8-26(22)31(24)12-9-25(33)18-23(20-40(35,36)37)27(34)29-11-14-39-16-15-38-13-10-28-21(2)32/h5-8,17,23H,4,9-16,18-20H2,1-3H3,(H,28,32)(H,29,34)(H,35,36,37)/t23-/m0/s1. The quantitative estimate of drug-likeness (QED) is 0.154. The number of aryl methyl sites for hydroxylation is 1. The molecule has 0 saturated carbocycles. The Morgan fingerprint density at radius 3 is 2.33 bits per heavy atom. The fraction of sp³-hybridized carbons (Fsp3) is 0.593. The summed E-state index contributed by atoms with van der Waals surface area (Å²) in [6.45, 7) is 7.03. The van der Waals surface area contributed by atoms with Gasteiger partial charge in [-0.25, -0.2) is 0 Å². The molecule has 1 aromatic carbocycles. The minimum atomic E-state index is -4.48. The van der Waals surface area contributed by atoms with Crippen LogP contribution in [0.5, 0.6) is 0 Å². The SMILES string of the molecule is CCN(C)Cc1cc2ccccc2n1CCC(=O)C[C@@H](CS(=O)(=O)O)C(=O)NCCOCCOCCNC(C)=O. The molecular formula is C27H42N4O8S. The summed E-state index contributed by atoms with van der Waals surface area (Å²) in [5, 5.41) is 6.24. The van der Waals surface area contributed by atoms with Crippen LogP contribution in [0, 0.1) is 5.92 Å². The monoisotopic (exact) mass is 582 g/mol. The van der Waals surface area contributed by atoms with Crippen molar-refractivity contribution in [2.45, 2.75) is 39.8 Å². The Morgan fingerprint density at radius 2 is 1.70 bits per heavy atom. The van der Waals surface area contributed by atoms with E-state index in [1.165, 1.54) is 6.92 Å². The van der Waals surface area contributed by atoms with Gasteiger partial charge < -0.3 is 29.6 Å². The molecule has 13 heteroatoms. The van der Waals surface area contributed by atoms with Gasteiger partial charge in [-0.15, -0.1) is 0 Å². The fourth-order valence-corrected chi connectivity index (χ4v) is 4.94. The van der Waals surface area contributed by atoms with E-state index in [2.05, 4.69) is 33.1 Å². The molecule has 40 heavy (non-hydrogen) atoms. The Morgan fingerprint density at radius 1 is 1.05 bits per heavy atom. The van der Waals surface area contributed by atoms with Gasteiger partial charge in [0.15, 0.2) is 0 Å². The van der Waals surface area contributed by atoms with Gasteiger partial charge in [0.1, 0.15) is 5.78 Å². The molecule has 0 fully saturated rings. The lowest BCUT2D eigenvalue weighted by molar-refractivity contribution is -0.129. The third-order valence-electron chi connectivity index (χ3n) is 6.28. The van der Waals surface area contributed by atoms with Crippen LogP contribution in [0.2, 0.25) is 0 Å². The molecule has 1 atom stereocenters. The lowest BCUT2D eigenvalue weighted by Gasteiger charge is -2.18. The number of Topliss-reactive ketones (excluding diaryl/α,β-unsaturated/α-hetero) is 1. The van der Waals surface area contributed by atoms with Crippen molar-refractivity contribution in [3.05, 3.63) is 36.0 Å². The van der Waals surface area contributed by atoms with Gasteiger partial charge in [0.05, 0.1) is 38.1 Å². The van der Waals surface area contributed by atoms with Gasteiger partial charge in [-0.3, -0.25) is 18.9 Å². The van der Waals surface area contributed by atoms with Gasteiger partial charge >= 0.3 is 0 Å². The number of para-hydroxylation sites is 1. The number of rotatable bonds is 20. The van der Waals surface area contributed by atoms with Crippen molar-refractivity contribution >= 4 is 38.6 Å². The zero-order valence-corrected chi connectivity index (χ0v) is 24.4. The van der Waals surface area contributed by atoms with Gasteiger partial charge in [0, 0.05) is 57.2 Å². The van der Waals surface area contributed by atoms with E-state index in [-0.39, 0.29) is 44.3 Å². The highest BCUT2D eigenvalue weighted by Gasteiger charge is 2.27. The smallest absolute Gasteiger partial charge is 0.265 e. The van der Waals surface area contributed by atoms with Crippen molar-refractivity contribution in [2.75, 3.05) is 58.9 Å². The van der Waals surface area contributed by atoms with E-state index in [0.29, 0.717) is 32.8 Å². The number of carbonyl (C=O) groups is 3. The number of amides is 2. The highest BCUT2D eigenvalue weighted by molar-refractivity contribution is 7.85. The molecule has 12 nitrogen and oxygen atoms in total. The summed E-state index contributed by atoms with van der Waals surface area (Å²) in [6, 6.07) is 10.00. The minimum absolute atomic E-state index is 0.102. The van der Waals surface area contributed by atoms with E-state index in [0.717, 1.165) is 23.1 Å². The maximum absolute atomic E-state index is 12.9. The highest BCUT2D eigenvalue weighted by Crippen LogP contribution is 2.22. The number of nitrogens with one attached hydrogen (secondary N) is 2. The van der Waals surface area contributed by atoms with Crippen molar-refractivity contribution < 1.29 is 36.8 Å². The molecule has 0 bridgehead atoms. The topological polar surface area (TPSA) is 156 Å². The molecule has 2 amide bonds. The predicted molar refractivity (Wildman–Crippen MR) is 151 cm³/mol. The lowest BCUT2D eigenvalue weighted by Crippen LogP contribution is -2.37. The molecule has 2 aromatic rings. The number of benzene rings is 1. The number of fused-ring (bicyclic) bond motifs is 1. The van der Waals surface area contributed by atoms with E-state index in [1.54, 1.807) is 0 Å². The van der Waals surface area contributed by atoms with Crippen molar-refractivity contribution in [1.29, 1.82) is 0 Å². The Bertz CT molecular complexity index is 1210. The van der Waals surface area contributed by atoms with Crippen LogP contribution in [0.3, 0.4) is 0 Å². The minimum Gasteiger partial charge on any atom is -0.377 e. The van der Waals surface area contributed by atoms with Gasteiger partial charge in [-0.2, -0.15) is 8.42 Å². The van der Waals surface area contributed by atoms with Gasteiger partial charge in [0.25, 0.3) is 10.1 Å². The van der Waals surface area contributed by atoms with E-state index in [1.807, 2.05) is 31.3 Å². The van der Waals surface area contributed by atoms with Crippen LogP contribution in [-0.4, -0.2) is 98.9 Å². The molecule has 0 unspecified atom stereocenters. The van der Waals surface area contributed by atoms with Crippen molar-refractivity contribution in [3.63, 3.8) is 0 Å². The number of hydrogen-bond acceptors (Lipinski definition) is 8. The van der Waals surface area contributed by atoms with Crippen LogP contribution in [0.25, 0.3) is 10.9 Å². The maximum Gasteiger partial charge on any atom is 0.265 e. The van der Waals surface area contributed by atoms with Crippen molar-refractivity contribution in [1.82, 2.24) is 20.1 Å². The number of ether oxygens (including phenoxy) is 2. The second-order valence-electron chi connectivity index (χ2n) is 9.61. The second kappa shape index (κ2) is 17.1. The number of ketones is 1. The van der Waals surface area contributed by atoms with Crippen LogP contribution in [0.1, 0.15) is 32.4 Å². The summed E-state index contributed by atoms with van der Waals surface area (Å²) in [5.74, 6) is -3.11. The highest BCUT2D eigenvalue weighted by atomic mass is 32.2. The summed E-state index contributed by atoms with van der Waals surface area (Å²) in [6.07, 6.45) is -0.195. The average molecular weight is 583 g/mol. The molecule has 2 rings (SSSR count). The second-order valence-corrected chi connectivity index (χ2v) is 11.1. The van der Waals surface area contributed by atoms with Crippen LogP contribution < -0.4 is 10.6 Å². The van der Waals surface area contributed by atoms with E-state index in [4.69, 9.17) is 9.47 Å². The van der Waals surface area contributed by atoms with Gasteiger partial charge in [-0.05, 0) is 31.1 Å². The fourth-order valence-electron chi connectivity index (χ4n) is 4.16. The average Bonchev–Trinajstić information content (AvgIpc) is 3.23. The van der Waals surface area contributed by atoms with E-state index >= 15 is 0 Å². The summed E-state index contributed by atoms with van der Waals surface area (Å²) in [5.41, 5.74) is 2.06. The zero-order chi connectivity index (χ0) is 29.5. The van der Waals surface area contributed by atoms with Gasteiger partial charge in [-0.1, -0.05) is 25.1 Å². The molecule has 1 heterocycles.